The molecule has 0 saturated carbocycles. The number of carbonyl (C=O) groups is 1. The van der Waals surface area contributed by atoms with Gasteiger partial charge in [0, 0.05) is 18.6 Å². The summed E-state index contributed by atoms with van der Waals surface area (Å²) in [6.45, 7) is -0.858. The maximum Gasteiger partial charge on any atom is 0.490 e. The number of anilines is 1. The number of aliphatic hydroxyl groups excluding tert-OH is 1. The van der Waals surface area contributed by atoms with Crippen LogP contribution in [0.4, 0.5) is 5.95 Å². The number of nitrogens with zero attached hydrogens (tertiary/aromatic N) is 4. The van der Waals surface area contributed by atoms with Crippen LogP contribution in [0.25, 0.3) is 11.2 Å². The number of phosphoric acid groups is 3. The highest BCUT2D eigenvalue weighted by Gasteiger charge is 2.43. The molecule has 24 heteroatoms. The maximum absolute atomic E-state index is 12.2. The summed E-state index contributed by atoms with van der Waals surface area (Å²) in [5.74, 6) is -0.226. The molecule has 19 nitrogen and oxygen atoms in total. The molecule has 0 aromatic carbocycles. The Hall–Kier alpha value is -1.15. The number of rotatable bonds is 14. The highest BCUT2D eigenvalue weighted by Crippen LogP contribution is 2.66. The van der Waals surface area contributed by atoms with Crippen molar-refractivity contribution in [2.75, 3.05) is 24.3 Å². The zero-order valence-electron chi connectivity index (χ0n) is 19.8. The summed E-state index contributed by atoms with van der Waals surface area (Å²) in [7, 11) is -13.5. The molecule has 0 amide bonds. The fourth-order valence-corrected chi connectivity index (χ4v) is 7.53. The van der Waals surface area contributed by atoms with Crippen molar-refractivity contribution in [3.63, 3.8) is 0 Å². The predicted molar refractivity (Wildman–Crippen MR) is 135 cm³/mol. The van der Waals surface area contributed by atoms with Crippen molar-refractivity contribution < 1.29 is 65.8 Å². The topological polar surface area (TPSA) is 285 Å². The number of hydrogen-bond acceptors (Lipinski definition) is 16. The van der Waals surface area contributed by atoms with Gasteiger partial charge in [-0.15, -0.1) is 0 Å². The third-order valence-electron chi connectivity index (χ3n) is 4.68. The zero-order valence-corrected chi connectivity index (χ0v) is 24.1. The molecular weight excluding hydrogens is 631 g/mol. The van der Waals surface area contributed by atoms with E-state index in [0.29, 0.717) is 6.42 Å². The van der Waals surface area contributed by atoms with Crippen molar-refractivity contribution in [1.29, 1.82) is 0 Å². The van der Waals surface area contributed by atoms with E-state index in [1.54, 1.807) is 21.6 Å². The number of esters is 1. The van der Waals surface area contributed by atoms with E-state index in [-0.39, 0.29) is 35.8 Å². The Morgan fingerprint density at radius 1 is 1.21 bits per heavy atom. The van der Waals surface area contributed by atoms with Crippen LogP contribution in [0.3, 0.4) is 0 Å². The molecule has 0 bridgehead atoms. The SMILES string of the molecule is CSSCCCC(=O)Oc1nc(N)nc2c1ncn2[C@H]1CC(O)[C@@H](COP(=O)(O)OP(=O)(O)OP(=O)(O)O)O1. The first-order chi connectivity index (χ1) is 18.1. The minimum absolute atomic E-state index is 0.0749. The van der Waals surface area contributed by atoms with Gasteiger partial charge in [-0.05, 0) is 12.7 Å². The van der Waals surface area contributed by atoms with Crippen LogP contribution in [0, 0.1) is 0 Å². The van der Waals surface area contributed by atoms with Crippen LogP contribution in [0.5, 0.6) is 5.88 Å². The zero-order chi connectivity index (χ0) is 29.0. The largest absolute Gasteiger partial charge is 0.490 e. The van der Waals surface area contributed by atoms with E-state index >= 15 is 0 Å². The number of nitrogens with two attached hydrogens (primary N) is 1. The maximum atomic E-state index is 12.2. The smallest absolute Gasteiger partial charge is 0.405 e. The molecule has 220 valence electrons. The van der Waals surface area contributed by atoms with E-state index < -0.39 is 54.5 Å². The summed E-state index contributed by atoms with van der Waals surface area (Å²) in [5, 5.41) is 10.3. The number of imidazole rings is 1. The van der Waals surface area contributed by atoms with Gasteiger partial charge in [0.25, 0.3) is 5.88 Å². The van der Waals surface area contributed by atoms with Crippen LogP contribution < -0.4 is 10.5 Å². The molecule has 2 aromatic rings. The van der Waals surface area contributed by atoms with Gasteiger partial charge in [-0.25, -0.2) is 18.7 Å². The van der Waals surface area contributed by atoms with Crippen LogP contribution in [0.15, 0.2) is 6.33 Å². The molecule has 3 heterocycles. The number of aromatic nitrogens is 4. The summed E-state index contributed by atoms with van der Waals surface area (Å²) >= 11 is 0. The lowest BCUT2D eigenvalue weighted by atomic mass is 10.2. The molecule has 1 aliphatic rings. The predicted octanol–water partition coefficient (Wildman–Crippen LogP) is 1.10. The average Bonchev–Trinajstić information content (AvgIpc) is 3.36. The highest BCUT2D eigenvalue weighted by molar-refractivity contribution is 8.76. The van der Waals surface area contributed by atoms with Crippen molar-refractivity contribution in [1.82, 2.24) is 19.5 Å². The van der Waals surface area contributed by atoms with Gasteiger partial charge in [-0.2, -0.15) is 18.6 Å². The molecular formula is C15H24N5O14P3S2. The van der Waals surface area contributed by atoms with E-state index in [0.717, 1.165) is 5.75 Å². The van der Waals surface area contributed by atoms with Crippen LogP contribution in [-0.2, 0) is 36.4 Å². The molecule has 2 aromatic heterocycles. The summed E-state index contributed by atoms with van der Waals surface area (Å²) in [6, 6.07) is 0. The molecule has 0 spiro atoms. The van der Waals surface area contributed by atoms with E-state index in [2.05, 4.69) is 28.1 Å². The van der Waals surface area contributed by atoms with Crippen molar-refractivity contribution in [2.24, 2.45) is 0 Å². The Bertz CT molecular complexity index is 1330. The van der Waals surface area contributed by atoms with Gasteiger partial charge in [0.15, 0.2) is 11.2 Å². The van der Waals surface area contributed by atoms with Gasteiger partial charge >= 0.3 is 29.4 Å². The number of carbonyl (C=O) groups excluding carboxylic acids is 1. The second-order valence-electron chi connectivity index (χ2n) is 7.60. The molecule has 1 saturated heterocycles. The minimum atomic E-state index is -5.70. The minimum Gasteiger partial charge on any atom is -0.405 e. The number of phosphoric ester groups is 1. The molecule has 1 aliphatic heterocycles. The molecule has 39 heavy (non-hydrogen) atoms. The first-order valence-electron chi connectivity index (χ1n) is 10.6. The van der Waals surface area contributed by atoms with E-state index in [1.807, 2.05) is 6.26 Å². The van der Waals surface area contributed by atoms with E-state index in [4.69, 9.17) is 25.0 Å². The van der Waals surface area contributed by atoms with Gasteiger partial charge in [-0.3, -0.25) is 13.9 Å². The Balaban J connectivity index is 1.67. The molecule has 1 fully saturated rings. The third-order valence-corrected chi connectivity index (χ3v) is 10.4. The van der Waals surface area contributed by atoms with Crippen LogP contribution in [-0.4, -0.2) is 81.0 Å². The number of hydrogen-bond donors (Lipinski definition) is 6. The normalized spacial score (nSPS) is 23.0. The lowest BCUT2D eigenvalue weighted by Crippen LogP contribution is -2.26. The lowest BCUT2D eigenvalue weighted by Gasteiger charge is -2.19. The average molecular weight is 655 g/mol. The van der Waals surface area contributed by atoms with Gasteiger partial charge in [0.1, 0.15) is 12.3 Å². The standard InChI is InChI=1S/C15H24N5O14P3S2/c1-38-39-4-2-3-11(22)32-14-12-13(18-15(16)19-14)20(7-17-12)10-5-8(21)9(31-10)6-30-36(26,27)34-37(28,29)33-35(23,24)25/h7-10,21H,2-6H2,1H3,(H,26,27)(H,28,29)(H2,16,18,19)(H2,23,24,25)/t8?,9-,10-/m1/s1. The fourth-order valence-electron chi connectivity index (χ4n) is 3.21. The summed E-state index contributed by atoms with van der Waals surface area (Å²) in [5.41, 5.74) is 5.93. The first kappa shape index (κ1) is 32.4. The lowest BCUT2D eigenvalue weighted by molar-refractivity contribution is -0.134. The highest BCUT2D eigenvalue weighted by atomic mass is 33.1. The molecule has 0 aliphatic carbocycles. The third kappa shape index (κ3) is 9.72. The molecule has 3 rings (SSSR count). The number of ether oxygens (including phenoxy) is 2. The van der Waals surface area contributed by atoms with Crippen molar-refractivity contribution >= 4 is 68.1 Å². The second kappa shape index (κ2) is 13.2. The van der Waals surface area contributed by atoms with Crippen molar-refractivity contribution in [3.05, 3.63) is 6.33 Å². The Kier molecular flexibility index (Phi) is 11.0. The Labute approximate surface area is 227 Å². The van der Waals surface area contributed by atoms with Gasteiger partial charge in [0.05, 0.1) is 19.0 Å². The monoisotopic (exact) mass is 655 g/mol. The van der Waals surface area contributed by atoms with E-state index in [9.17, 15) is 33.4 Å². The first-order valence-corrected chi connectivity index (χ1v) is 17.8. The van der Waals surface area contributed by atoms with Gasteiger partial charge in [-0.1, -0.05) is 21.6 Å². The summed E-state index contributed by atoms with van der Waals surface area (Å²) < 4.78 is 58.2. The van der Waals surface area contributed by atoms with Crippen LogP contribution in [0.2, 0.25) is 0 Å². The molecule has 3 unspecified atom stereocenters. The number of fused-ring (bicyclic) bond motifs is 1. The summed E-state index contributed by atoms with van der Waals surface area (Å²) in [6.07, 6.45) is 0.234. The van der Waals surface area contributed by atoms with Crippen LogP contribution in [0.1, 0.15) is 25.5 Å². The van der Waals surface area contributed by atoms with Crippen molar-refractivity contribution in [2.45, 2.75) is 37.7 Å². The van der Waals surface area contributed by atoms with Gasteiger partial charge in [0.2, 0.25) is 5.95 Å². The Morgan fingerprint density at radius 2 is 1.92 bits per heavy atom. The second-order valence-corrected chi connectivity index (χ2v) is 14.7. The molecule has 7 N–H and O–H groups in total. The van der Waals surface area contributed by atoms with E-state index in [1.165, 1.54) is 10.9 Å². The Morgan fingerprint density at radius 3 is 2.59 bits per heavy atom. The number of nitrogen functional groups attached to an aromatic ring is 1. The van der Waals surface area contributed by atoms with Crippen molar-refractivity contribution in [3.8, 4) is 5.88 Å². The quantitative estimate of drug-likeness (QED) is 0.0718. The van der Waals surface area contributed by atoms with Gasteiger partial charge < -0.3 is 39.9 Å². The molecule has 5 atom stereocenters. The summed E-state index contributed by atoms with van der Waals surface area (Å²) in [4.78, 5) is 60.3. The number of aliphatic hydroxyl groups is 1. The fraction of sp³-hybridized carbons (Fsp3) is 0.600. The van der Waals surface area contributed by atoms with Crippen LogP contribution >= 0.6 is 45.1 Å². The molecule has 0 radical (unpaired) electrons.